The summed E-state index contributed by atoms with van der Waals surface area (Å²) in [7, 11) is 0. The third kappa shape index (κ3) is 4.38. The van der Waals surface area contributed by atoms with Crippen molar-refractivity contribution in [3.63, 3.8) is 0 Å². The van der Waals surface area contributed by atoms with Crippen molar-refractivity contribution in [1.29, 1.82) is 0 Å². The molecule has 0 heterocycles. The Morgan fingerprint density at radius 2 is 2.00 bits per heavy atom. The van der Waals surface area contributed by atoms with Crippen LogP contribution in [0.25, 0.3) is 0 Å². The minimum atomic E-state index is -3.03. The van der Waals surface area contributed by atoms with Crippen LogP contribution in [0.4, 0.5) is 14.5 Å². The molecule has 17 heavy (non-hydrogen) atoms. The molecular weight excluding hydrogens is 228 g/mol. The molecule has 3 nitrogen and oxygen atoms in total. The predicted octanol–water partition coefficient (Wildman–Crippen LogP) is 2.93. The van der Waals surface area contributed by atoms with Gasteiger partial charge in [-0.3, -0.25) is 4.79 Å². The van der Waals surface area contributed by atoms with E-state index >= 15 is 0 Å². The highest BCUT2D eigenvalue weighted by Crippen LogP contribution is 2.24. The molecule has 0 saturated carbocycles. The SMILES string of the molecule is CC(C)COc1ccccc1NC(=O)C(F)F. The van der Waals surface area contributed by atoms with Crippen LogP contribution in [0.3, 0.4) is 0 Å². The molecule has 0 unspecified atom stereocenters. The Bertz CT molecular complexity index is 381. The highest BCUT2D eigenvalue weighted by Gasteiger charge is 2.16. The molecule has 1 N–H and O–H groups in total. The van der Waals surface area contributed by atoms with Gasteiger partial charge >= 0.3 is 6.43 Å². The predicted molar refractivity (Wildman–Crippen MR) is 61.4 cm³/mol. The van der Waals surface area contributed by atoms with E-state index in [1.54, 1.807) is 18.2 Å². The molecule has 1 aromatic rings. The Morgan fingerprint density at radius 3 is 2.59 bits per heavy atom. The van der Waals surface area contributed by atoms with E-state index in [1.165, 1.54) is 6.07 Å². The molecular formula is C12H15F2NO2. The van der Waals surface area contributed by atoms with Crippen LogP contribution in [-0.4, -0.2) is 18.9 Å². The number of ether oxygens (including phenoxy) is 1. The van der Waals surface area contributed by atoms with Gasteiger partial charge in [-0.15, -0.1) is 0 Å². The van der Waals surface area contributed by atoms with E-state index < -0.39 is 12.3 Å². The average molecular weight is 243 g/mol. The fourth-order valence-electron chi connectivity index (χ4n) is 1.14. The number of halogens is 2. The van der Waals surface area contributed by atoms with Crippen molar-refractivity contribution in [3.05, 3.63) is 24.3 Å². The number of benzene rings is 1. The van der Waals surface area contributed by atoms with Crippen molar-refractivity contribution in [2.75, 3.05) is 11.9 Å². The lowest BCUT2D eigenvalue weighted by molar-refractivity contribution is -0.126. The van der Waals surface area contributed by atoms with Crippen molar-refractivity contribution < 1.29 is 18.3 Å². The summed E-state index contributed by atoms with van der Waals surface area (Å²) in [6.45, 7) is 4.41. The molecule has 5 heteroatoms. The summed E-state index contributed by atoms with van der Waals surface area (Å²) in [4.78, 5) is 10.9. The number of hydrogen-bond donors (Lipinski definition) is 1. The van der Waals surface area contributed by atoms with Crippen LogP contribution in [0, 0.1) is 5.92 Å². The number of nitrogens with one attached hydrogen (secondary N) is 1. The normalized spacial score (nSPS) is 10.7. The summed E-state index contributed by atoms with van der Waals surface area (Å²) in [6, 6.07) is 6.51. The molecule has 0 spiro atoms. The van der Waals surface area contributed by atoms with E-state index in [1.807, 2.05) is 13.8 Å². The van der Waals surface area contributed by atoms with Crippen LogP contribution in [0.5, 0.6) is 5.75 Å². The summed E-state index contributed by atoms with van der Waals surface area (Å²) < 4.78 is 29.6. The first kappa shape index (κ1) is 13.4. The number of hydrogen-bond acceptors (Lipinski definition) is 2. The number of carbonyl (C=O) groups excluding carboxylic acids is 1. The molecule has 0 aliphatic rings. The molecule has 0 aromatic heterocycles. The number of alkyl halides is 2. The Hall–Kier alpha value is -1.65. The number of rotatable bonds is 5. The molecule has 0 aliphatic carbocycles. The summed E-state index contributed by atoms with van der Waals surface area (Å²) in [5.41, 5.74) is 0.262. The zero-order valence-corrected chi connectivity index (χ0v) is 9.74. The van der Waals surface area contributed by atoms with E-state index in [0.29, 0.717) is 18.3 Å². The molecule has 0 atom stereocenters. The van der Waals surface area contributed by atoms with Crippen molar-refractivity contribution in [2.24, 2.45) is 5.92 Å². The zero-order chi connectivity index (χ0) is 12.8. The molecule has 0 saturated heterocycles. The first-order chi connectivity index (χ1) is 8.00. The molecule has 1 aromatic carbocycles. The molecule has 0 fully saturated rings. The highest BCUT2D eigenvalue weighted by atomic mass is 19.3. The Morgan fingerprint density at radius 1 is 1.35 bits per heavy atom. The Labute approximate surface area is 98.8 Å². The summed E-state index contributed by atoms with van der Waals surface area (Å²) in [5.74, 6) is -0.616. The van der Waals surface area contributed by atoms with Gasteiger partial charge in [0.05, 0.1) is 12.3 Å². The van der Waals surface area contributed by atoms with Gasteiger partial charge in [-0.2, -0.15) is 8.78 Å². The van der Waals surface area contributed by atoms with E-state index in [9.17, 15) is 13.6 Å². The van der Waals surface area contributed by atoms with Crippen molar-refractivity contribution in [2.45, 2.75) is 20.3 Å². The smallest absolute Gasteiger partial charge is 0.315 e. The Kier molecular flexibility index (Phi) is 4.87. The lowest BCUT2D eigenvalue weighted by Crippen LogP contribution is -2.20. The van der Waals surface area contributed by atoms with Gasteiger partial charge in [0, 0.05) is 0 Å². The van der Waals surface area contributed by atoms with Crippen LogP contribution in [0.15, 0.2) is 24.3 Å². The van der Waals surface area contributed by atoms with Crippen LogP contribution >= 0.6 is 0 Å². The van der Waals surface area contributed by atoms with E-state index in [0.717, 1.165) is 0 Å². The minimum absolute atomic E-state index is 0.262. The van der Waals surface area contributed by atoms with Crippen LogP contribution in [-0.2, 0) is 4.79 Å². The molecule has 94 valence electrons. The van der Waals surface area contributed by atoms with Crippen LogP contribution < -0.4 is 10.1 Å². The first-order valence-electron chi connectivity index (χ1n) is 5.31. The van der Waals surface area contributed by atoms with Crippen molar-refractivity contribution in [3.8, 4) is 5.75 Å². The Balaban J connectivity index is 2.74. The molecule has 0 aliphatic heterocycles. The van der Waals surface area contributed by atoms with E-state index in [-0.39, 0.29) is 5.69 Å². The number of para-hydroxylation sites is 2. The molecule has 0 bridgehead atoms. The first-order valence-corrected chi connectivity index (χ1v) is 5.31. The maximum absolute atomic E-state index is 12.1. The standard InChI is InChI=1S/C12H15F2NO2/c1-8(2)7-17-10-6-4-3-5-9(10)15-12(16)11(13)14/h3-6,8,11H,7H2,1-2H3,(H,15,16). The number of carbonyl (C=O) groups is 1. The maximum Gasteiger partial charge on any atom is 0.315 e. The summed E-state index contributed by atoms with van der Waals surface area (Å²) in [6.07, 6.45) is -3.03. The lowest BCUT2D eigenvalue weighted by Gasteiger charge is -2.13. The van der Waals surface area contributed by atoms with Crippen molar-refractivity contribution in [1.82, 2.24) is 0 Å². The van der Waals surface area contributed by atoms with Gasteiger partial charge in [0.15, 0.2) is 0 Å². The number of anilines is 1. The van der Waals surface area contributed by atoms with Gasteiger partial charge in [-0.25, -0.2) is 0 Å². The molecule has 0 radical (unpaired) electrons. The zero-order valence-electron chi connectivity index (χ0n) is 9.74. The van der Waals surface area contributed by atoms with Gasteiger partial charge < -0.3 is 10.1 Å². The topological polar surface area (TPSA) is 38.3 Å². The third-order valence-corrected chi connectivity index (χ3v) is 1.92. The second-order valence-electron chi connectivity index (χ2n) is 3.99. The fraction of sp³-hybridized carbons (Fsp3) is 0.417. The van der Waals surface area contributed by atoms with Crippen LogP contribution in [0.2, 0.25) is 0 Å². The van der Waals surface area contributed by atoms with Gasteiger partial charge in [0.25, 0.3) is 5.91 Å². The third-order valence-electron chi connectivity index (χ3n) is 1.92. The molecule has 1 rings (SSSR count). The summed E-state index contributed by atoms with van der Waals surface area (Å²) >= 11 is 0. The number of amides is 1. The fourth-order valence-corrected chi connectivity index (χ4v) is 1.14. The average Bonchev–Trinajstić information content (AvgIpc) is 2.27. The van der Waals surface area contributed by atoms with Gasteiger partial charge in [0.1, 0.15) is 5.75 Å². The second kappa shape index (κ2) is 6.18. The van der Waals surface area contributed by atoms with E-state index in [4.69, 9.17) is 4.74 Å². The minimum Gasteiger partial charge on any atom is -0.491 e. The lowest BCUT2D eigenvalue weighted by atomic mass is 10.2. The van der Waals surface area contributed by atoms with E-state index in [2.05, 4.69) is 5.32 Å². The second-order valence-corrected chi connectivity index (χ2v) is 3.99. The summed E-state index contributed by atoms with van der Waals surface area (Å²) in [5, 5.41) is 2.12. The quantitative estimate of drug-likeness (QED) is 0.863. The molecule has 1 amide bonds. The van der Waals surface area contributed by atoms with Gasteiger partial charge in [0.2, 0.25) is 0 Å². The van der Waals surface area contributed by atoms with Crippen LogP contribution in [0.1, 0.15) is 13.8 Å². The van der Waals surface area contributed by atoms with Gasteiger partial charge in [-0.1, -0.05) is 26.0 Å². The monoisotopic (exact) mass is 243 g/mol. The van der Waals surface area contributed by atoms with Crippen molar-refractivity contribution >= 4 is 11.6 Å². The van der Waals surface area contributed by atoms with Gasteiger partial charge in [-0.05, 0) is 18.1 Å². The maximum atomic E-state index is 12.1. The highest BCUT2D eigenvalue weighted by molar-refractivity contribution is 5.94. The largest absolute Gasteiger partial charge is 0.491 e.